The van der Waals surface area contributed by atoms with E-state index in [1.54, 1.807) is 0 Å². The molecular formula is C12H16F3N5O2. The van der Waals surface area contributed by atoms with Gasteiger partial charge >= 0.3 is 12.2 Å². The normalized spacial score (nSPS) is 21.8. The van der Waals surface area contributed by atoms with Crippen molar-refractivity contribution in [3.8, 4) is 0 Å². The van der Waals surface area contributed by atoms with Crippen molar-refractivity contribution in [1.29, 1.82) is 0 Å². The maximum absolute atomic E-state index is 12.7. The van der Waals surface area contributed by atoms with E-state index >= 15 is 0 Å². The molecule has 1 aromatic heterocycles. The van der Waals surface area contributed by atoms with Crippen molar-refractivity contribution in [3.63, 3.8) is 0 Å². The SMILES string of the molecule is O=C(NCC1CCCO1)N1CCn2c(nnc2C(F)(F)F)C1. The van der Waals surface area contributed by atoms with Crippen LogP contribution in [0.25, 0.3) is 0 Å². The van der Waals surface area contributed by atoms with Gasteiger partial charge in [-0.05, 0) is 12.8 Å². The molecule has 7 nitrogen and oxygen atoms in total. The first-order chi connectivity index (χ1) is 10.4. The predicted molar refractivity (Wildman–Crippen MR) is 67.8 cm³/mol. The zero-order valence-corrected chi connectivity index (χ0v) is 11.8. The number of hydrogen-bond acceptors (Lipinski definition) is 4. The van der Waals surface area contributed by atoms with Crippen LogP contribution in [0.5, 0.6) is 0 Å². The molecule has 2 amide bonds. The first-order valence-corrected chi connectivity index (χ1v) is 7.09. The van der Waals surface area contributed by atoms with Crippen LogP contribution >= 0.6 is 0 Å². The highest BCUT2D eigenvalue weighted by Gasteiger charge is 2.39. The largest absolute Gasteiger partial charge is 0.451 e. The standard InChI is InChI=1S/C12H16F3N5O2/c13-12(14,15)10-18-17-9-7-19(3-4-20(9)10)11(21)16-6-8-2-1-5-22-8/h8H,1-7H2,(H,16,21). The van der Waals surface area contributed by atoms with Crippen LogP contribution in [0.2, 0.25) is 0 Å². The van der Waals surface area contributed by atoms with Gasteiger partial charge < -0.3 is 19.5 Å². The minimum atomic E-state index is -4.53. The molecule has 0 saturated carbocycles. The van der Waals surface area contributed by atoms with E-state index in [-0.39, 0.29) is 37.6 Å². The van der Waals surface area contributed by atoms with Gasteiger partial charge in [0.25, 0.3) is 0 Å². The van der Waals surface area contributed by atoms with Crippen LogP contribution in [0.3, 0.4) is 0 Å². The summed E-state index contributed by atoms with van der Waals surface area (Å²) in [4.78, 5) is 13.5. The Morgan fingerprint density at radius 3 is 2.86 bits per heavy atom. The van der Waals surface area contributed by atoms with Crippen LogP contribution in [0.4, 0.5) is 18.0 Å². The average Bonchev–Trinajstić information content (AvgIpc) is 3.12. The molecule has 1 aromatic rings. The van der Waals surface area contributed by atoms with Gasteiger partial charge in [-0.1, -0.05) is 0 Å². The Kier molecular flexibility index (Phi) is 3.94. The lowest BCUT2D eigenvalue weighted by Crippen LogP contribution is -2.46. The van der Waals surface area contributed by atoms with Crippen molar-refractivity contribution in [3.05, 3.63) is 11.6 Å². The first-order valence-electron chi connectivity index (χ1n) is 7.09. The van der Waals surface area contributed by atoms with Gasteiger partial charge in [-0.15, -0.1) is 10.2 Å². The zero-order valence-electron chi connectivity index (χ0n) is 11.8. The Balaban J connectivity index is 1.59. The molecule has 1 atom stereocenters. The molecule has 3 heterocycles. The molecule has 1 N–H and O–H groups in total. The third-order valence-corrected chi connectivity index (χ3v) is 3.80. The maximum atomic E-state index is 12.7. The van der Waals surface area contributed by atoms with Crippen molar-refractivity contribution < 1.29 is 22.7 Å². The van der Waals surface area contributed by atoms with Gasteiger partial charge in [-0.2, -0.15) is 13.2 Å². The smallest absolute Gasteiger partial charge is 0.376 e. The number of amides is 2. The van der Waals surface area contributed by atoms with Gasteiger partial charge in [0.05, 0.1) is 12.6 Å². The number of aromatic nitrogens is 3. The quantitative estimate of drug-likeness (QED) is 0.883. The Morgan fingerprint density at radius 1 is 1.36 bits per heavy atom. The van der Waals surface area contributed by atoms with E-state index < -0.39 is 12.0 Å². The van der Waals surface area contributed by atoms with Crippen LogP contribution in [-0.2, 0) is 24.0 Å². The summed E-state index contributed by atoms with van der Waals surface area (Å²) in [5, 5.41) is 9.47. The highest BCUT2D eigenvalue weighted by atomic mass is 19.4. The van der Waals surface area contributed by atoms with Crippen molar-refractivity contribution in [2.24, 2.45) is 0 Å². The Hall–Kier alpha value is -1.84. The third-order valence-electron chi connectivity index (χ3n) is 3.80. The number of urea groups is 1. The molecule has 1 unspecified atom stereocenters. The number of rotatable bonds is 2. The first kappa shape index (κ1) is 15.1. The zero-order chi connectivity index (χ0) is 15.7. The number of hydrogen-bond donors (Lipinski definition) is 1. The van der Waals surface area contributed by atoms with Crippen LogP contribution < -0.4 is 5.32 Å². The Labute approximate surface area is 124 Å². The summed E-state index contributed by atoms with van der Waals surface area (Å²) in [5.74, 6) is -0.868. The number of halogens is 3. The Morgan fingerprint density at radius 2 is 2.18 bits per heavy atom. The third kappa shape index (κ3) is 3.01. The number of carbonyl (C=O) groups excluding carboxylic acids is 1. The summed E-state index contributed by atoms with van der Waals surface area (Å²) in [7, 11) is 0. The van der Waals surface area contributed by atoms with E-state index in [9.17, 15) is 18.0 Å². The molecule has 0 radical (unpaired) electrons. The lowest BCUT2D eigenvalue weighted by atomic mass is 10.2. The molecule has 1 saturated heterocycles. The maximum Gasteiger partial charge on any atom is 0.451 e. The molecule has 1 fully saturated rings. The predicted octanol–water partition coefficient (Wildman–Crippen LogP) is 1.00. The number of nitrogens with one attached hydrogen (secondary N) is 1. The molecule has 2 aliphatic heterocycles. The second-order valence-electron chi connectivity index (χ2n) is 5.33. The van der Waals surface area contributed by atoms with Crippen molar-refractivity contribution >= 4 is 6.03 Å². The van der Waals surface area contributed by atoms with E-state index in [4.69, 9.17) is 4.74 Å². The van der Waals surface area contributed by atoms with Crippen molar-refractivity contribution in [2.45, 2.75) is 38.2 Å². The highest BCUT2D eigenvalue weighted by molar-refractivity contribution is 5.74. The number of fused-ring (bicyclic) bond motifs is 1. The number of carbonyl (C=O) groups is 1. The van der Waals surface area contributed by atoms with Gasteiger partial charge in [0.15, 0.2) is 5.82 Å². The van der Waals surface area contributed by atoms with Crippen LogP contribution in [0.1, 0.15) is 24.5 Å². The van der Waals surface area contributed by atoms with Crippen LogP contribution in [0.15, 0.2) is 0 Å². The molecule has 122 valence electrons. The highest BCUT2D eigenvalue weighted by Crippen LogP contribution is 2.29. The summed E-state index contributed by atoms with van der Waals surface area (Å²) < 4.78 is 44.6. The van der Waals surface area contributed by atoms with Crippen LogP contribution in [0, 0.1) is 0 Å². The van der Waals surface area contributed by atoms with Crippen LogP contribution in [-0.4, -0.2) is 51.5 Å². The Bertz CT molecular complexity index is 553. The minimum Gasteiger partial charge on any atom is -0.376 e. The molecular weight excluding hydrogens is 303 g/mol. The lowest BCUT2D eigenvalue weighted by Gasteiger charge is -2.28. The lowest BCUT2D eigenvalue weighted by molar-refractivity contribution is -0.147. The fourth-order valence-corrected chi connectivity index (χ4v) is 2.66. The van der Waals surface area contributed by atoms with E-state index in [0.717, 1.165) is 17.4 Å². The van der Waals surface area contributed by atoms with Gasteiger partial charge in [-0.3, -0.25) is 0 Å². The van der Waals surface area contributed by atoms with Crippen molar-refractivity contribution in [1.82, 2.24) is 25.0 Å². The monoisotopic (exact) mass is 319 g/mol. The molecule has 3 rings (SSSR count). The van der Waals surface area contributed by atoms with E-state index in [0.29, 0.717) is 13.2 Å². The van der Waals surface area contributed by atoms with E-state index in [1.807, 2.05) is 0 Å². The molecule has 0 bridgehead atoms. The molecule has 0 spiro atoms. The number of nitrogens with zero attached hydrogens (tertiary/aromatic N) is 4. The van der Waals surface area contributed by atoms with Gasteiger partial charge in [-0.25, -0.2) is 4.79 Å². The molecule has 0 aromatic carbocycles. The summed E-state index contributed by atoms with van der Waals surface area (Å²) in [6.45, 7) is 1.35. The topological polar surface area (TPSA) is 72.3 Å². The molecule has 22 heavy (non-hydrogen) atoms. The van der Waals surface area contributed by atoms with E-state index in [1.165, 1.54) is 4.90 Å². The second kappa shape index (κ2) is 5.75. The summed E-state index contributed by atoms with van der Waals surface area (Å²) >= 11 is 0. The molecule has 10 heteroatoms. The molecule has 2 aliphatic rings. The van der Waals surface area contributed by atoms with E-state index in [2.05, 4.69) is 15.5 Å². The average molecular weight is 319 g/mol. The fraction of sp³-hybridized carbons (Fsp3) is 0.750. The van der Waals surface area contributed by atoms with Gasteiger partial charge in [0.1, 0.15) is 0 Å². The minimum absolute atomic E-state index is 0.0143. The van der Waals surface area contributed by atoms with Gasteiger partial charge in [0, 0.05) is 26.2 Å². The molecule has 0 aliphatic carbocycles. The van der Waals surface area contributed by atoms with Gasteiger partial charge in [0.2, 0.25) is 5.82 Å². The summed E-state index contributed by atoms with van der Waals surface area (Å²) in [5.41, 5.74) is 0. The number of alkyl halides is 3. The second-order valence-corrected chi connectivity index (χ2v) is 5.33. The fourth-order valence-electron chi connectivity index (χ4n) is 2.66. The van der Waals surface area contributed by atoms with Crippen molar-refractivity contribution in [2.75, 3.05) is 19.7 Å². The summed E-state index contributed by atoms with van der Waals surface area (Å²) in [6.07, 6.45) is -2.62. The number of ether oxygens (including phenoxy) is 1. The summed E-state index contributed by atoms with van der Waals surface area (Å²) in [6, 6.07) is -0.321.